The summed E-state index contributed by atoms with van der Waals surface area (Å²) in [6.07, 6.45) is 0. The van der Waals surface area contributed by atoms with Gasteiger partial charge in [-0.1, -0.05) is 152 Å². The first kappa shape index (κ1) is 29.0. The van der Waals surface area contributed by atoms with Crippen LogP contribution in [0, 0.1) is 0 Å². The third-order valence-electron chi connectivity index (χ3n) is 9.74. The van der Waals surface area contributed by atoms with Gasteiger partial charge in [0, 0.05) is 27.5 Å². The van der Waals surface area contributed by atoms with E-state index in [1.807, 2.05) is 42.5 Å². The minimum Gasteiger partial charge on any atom is -0.456 e. The molecule has 51 heavy (non-hydrogen) atoms. The quantitative estimate of drug-likeness (QED) is 0.174. The first-order chi connectivity index (χ1) is 25.3. The van der Waals surface area contributed by atoms with Gasteiger partial charge in [-0.05, 0) is 68.1 Å². The van der Waals surface area contributed by atoms with Gasteiger partial charge in [0.25, 0.3) is 0 Å². The maximum absolute atomic E-state index is 6.30. The van der Waals surface area contributed by atoms with Crippen LogP contribution in [0.4, 0.5) is 0 Å². The Bertz CT molecular complexity index is 2910. The van der Waals surface area contributed by atoms with Gasteiger partial charge in [0.15, 0.2) is 17.5 Å². The molecule has 4 heteroatoms. The van der Waals surface area contributed by atoms with Crippen molar-refractivity contribution in [1.29, 1.82) is 0 Å². The number of rotatable bonds is 5. The Kier molecular flexibility index (Phi) is 6.78. The van der Waals surface area contributed by atoms with Crippen LogP contribution in [0.2, 0.25) is 0 Å². The highest BCUT2D eigenvalue weighted by molar-refractivity contribution is 6.14. The third-order valence-corrected chi connectivity index (χ3v) is 9.74. The fourth-order valence-electron chi connectivity index (χ4n) is 7.36. The molecule has 0 aliphatic rings. The maximum Gasteiger partial charge on any atom is 0.164 e. The monoisotopic (exact) mass is 651 g/mol. The van der Waals surface area contributed by atoms with Crippen LogP contribution in [0.15, 0.2) is 180 Å². The molecule has 0 spiro atoms. The van der Waals surface area contributed by atoms with E-state index < -0.39 is 0 Å². The lowest BCUT2D eigenvalue weighted by Gasteiger charge is -2.15. The number of hydrogen-bond acceptors (Lipinski definition) is 4. The zero-order valence-corrected chi connectivity index (χ0v) is 27.5. The van der Waals surface area contributed by atoms with Crippen molar-refractivity contribution in [3.05, 3.63) is 176 Å². The van der Waals surface area contributed by atoms with Crippen molar-refractivity contribution < 1.29 is 4.42 Å². The molecule has 0 bridgehead atoms. The van der Waals surface area contributed by atoms with E-state index in [0.29, 0.717) is 17.5 Å². The molecular formula is C47H29N3O. The van der Waals surface area contributed by atoms with Gasteiger partial charge >= 0.3 is 0 Å². The zero-order valence-electron chi connectivity index (χ0n) is 27.5. The van der Waals surface area contributed by atoms with Crippen molar-refractivity contribution in [3.8, 4) is 56.4 Å². The summed E-state index contributed by atoms with van der Waals surface area (Å²) in [5.41, 5.74) is 8.81. The van der Waals surface area contributed by atoms with Crippen LogP contribution in [0.1, 0.15) is 0 Å². The number of fused-ring (bicyclic) bond motifs is 6. The molecule has 2 heterocycles. The van der Waals surface area contributed by atoms with Gasteiger partial charge in [0.2, 0.25) is 0 Å². The molecule has 0 unspecified atom stereocenters. The van der Waals surface area contributed by atoms with E-state index in [1.165, 1.54) is 16.2 Å². The van der Waals surface area contributed by atoms with Crippen LogP contribution >= 0.6 is 0 Å². The van der Waals surface area contributed by atoms with Crippen LogP contribution in [0.5, 0.6) is 0 Å². The second-order valence-electron chi connectivity index (χ2n) is 12.8. The van der Waals surface area contributed by atoms with E-state index in [0.717, 1.165) is 66.3 Å². The lowest BCUT2D eigenvalue weighted by Crippen LogP contribution is -2.01. The van der Waals surface area contributed by atoms with Crippen LogP contribution < -0.4 is 0 Å². The molecule has 2 aromatic heterocycles. The topological polar surface area (TPSA) is 51.8 Å². The molecule has 0 N–H and O–H groups in total. The van der Waals surface area contributed by atoms with Gasteiger partial charge in [-0.2, -0.15) is 0 Å². The highest BCUT2D eigenvalue weighted by Crippen LogP contribution is 2.40. The summed E-state index contributed by atoms with van der Waals surface area (Å²) in [5, 5.41) is 6.73. The molecular weight excluding hydrogens is 623 g/mol. The molecule has 0 atom stereocenters. The average molecular weight is 652 g/mol. The van der Waals surface area contributed by atoms with Crippen LogP contribution in [-0.4, -0.2) is 15.0 Å². The third kappa shape index (κ3) is 4.96. The fourth-order valence-corrected chi connectivity index (χ4v) is 7.36. The Balaban J connectivity index is 1.29. The molecule has 238 valence electrons. The predicted octanol–water partition coefficient (Wildman–Crippen LogP) is 12.4. The number of nitrogens with zero attached hydrogens (tertiary/aromatic N) is 3. The minimum atomic E-state index is 0.592. The molecule has 0 aliphatic heterocycles. The summed E-state index contributed by atoms with van der Waals surface area (Å²) >= 11 is 0. The van der Waals surface area contributed by atoms with Gasteiger partial charge in [-0.3, -0.25) is 0 Å². The van der Waals surface area contributed by atoms with Crippen molar-refractivity contribution in [3.63, 3.8) is 0 Å². The lowest BCUT2D eigenvalue weighted by molar-refractivity contribution is 0.669. The summed E-state index contributed by atoms with van der Waals surface area (Å²) in [7, 11) is 0. The Labute approximate surface area is 294 Å². The second-order valence-corrected chi connectivity index (χ2v) is 12.8. The summed E-state index contributed by atoms with van der Waals surface area (Å²) in [6, 6.07) is 61.0. The van der Waals surface area contributed by atoms with E-state index in [4.69, 9.17) is 19.4 Å². The fraction of sp³-hybridized carbons (Fsp3) is 0. The predicted molar refractivity (Wildman–Crippen MR) is 209 cm³/mol. The smallest absolute Gasteiger partial charge is 0.164 e. The molecule has 8 aromatic carbocycles. The van der Waals surface area contributed by atoms with E-state index in [2.05, 4.69) is 133 Å². The highest BCUT2D eigenvalue weighted by Gasteiger charge is 2.20. The van der Waals surface area contributed by atoms with Crippen LogP contribution in [-0.2, 0) is 0 Å². The largest absolute Gasteiger partial charge is 0.456 e. The van der Waals surface area contributed by atoms with Crippen molar-refractivity contribution in [2.24, 2.45) is 0 Å². The van der Waals surface area contributed by atoms with Crippen molar-refractivity contribution in [2.75, 3.05) is 0 Å². The van der Waals surface area contributed by atoms with E-state index >= 15 is 0 Å². The van der Waals surface area contributed by atoms with Crippen molar-refractivity contribution in [2.45, 2.75) is 0 Å². The summed E-state index contributed by atoms with van der Waals surface area (Å²) in [5.74, 6) is 1.81. The number of benzene rings is 8. The number of furan rings is 1. The van der Waals surface area contributed by atoms with Gasteiger partial charge in [0.05, 0.1) is 0 Å². The Morgan fingerprint density at radius 2 is 0.902 bits per heavy atom. The number of aromatic nitrogens is 3. The SMILES string of the molecule is c1ccc(-c2ccccc2-c2nc(-c3cc(-c4ccccc4)c4ccc5ccccc5c4c3)nc(-c3cccc4oc5ccccc5c34)n2)cc1. The van der Waals surface area contributed by atoms with Gasteiger partial charge in [-0.25, -0.2) is 15.0 Å². The van der Waals surface area contributed by atoms with E-state index in [1.54, 1.807) is 0 Å². The van der Waals surface area contributed by atoms with Gasteiger partial charge < -0.3 is 4.42 Å². The van der Waals surface area contributed by atoms with Gasteiger partial charge in [0.1, 0.15) is 11.2 Å². The Hall–Kier alpha value is -6.91. The second kappa shape index (κ2) is 11.9. The van der Waals surface area contributed by atoms with Crippen molar-refractivity contribution >= 4 is 43.5 Å². The highest BCUT2D eigenvalue weighted by atomic mass is 16.3. The lowest BCUT2D eigenvalue weighted by atomic mass is 9.92. The molecule has 0 radical (unpaired) electrons. The first-order valence-corrected chi connectivity index (χ1v) is 17.1. The maximum atomic E-state index is 6.30. The normalized spacial score (nSPS) is 11.5. The molecule has 0 aliphatic carbocycles. The van der Waals surface area contributed by atoms with Crippen LogP contribution in [0.25, 0.3) is 99.9 Å². The van der Waals surface area contributed by atoms with Crippen molar-refractivity contribution in [1.82, 2.24) is 15.0 Å². The Morgan fingerprint density at radius 1 is 0.314 bits per heavy atom. The Morgan fingerprint density at radius 3 is 1.71 bits per heavy atom. The number of para-hydroxylation sites is 1. The minimum absolute atomic E-state index is 0.592. The molecule has 0 saturated heterocycles. The van der Waals surface area contributed by atoms with E-state index in [9.17, 15) is 0 Å². The molecule has 10 aromatic rings. The first-order valence-electron chi connectivity index (χ1n) is 17.1. The van der Waals surface area contributed by atoms with E-state index in [-0.39, 0.29) is 0 Å². The van der Waals surface area contributed by atoms with Gasteiger partial charge in [-0.15, -0.1) is 0 Å². The molecule has 0 saturated carbocycles. The van der Waals surface area contributed by atoms with Crippen LogP contribution in [0.3, 0.4) is 0 Å². The molecule has 10 rings (SSSR count). The standard InChI is InChI=1S/C47H29N3O/c1-3-14-30(15-4-1)34-19-9-10-21-37(34)46-48-45(49-47(50-46)39-23-13-25-43-44(39)38-22-11-12-24-42(38)51-43)33-28-40(31-16-5-2-6-17-31)36-27-26-32-18-7-8-20-35(32)41(36)29-33/h1-29H. The molecule has 4 nitrogen and oxygen atoms in total. The average Bonchev–Trinajstić information content (AvgIpc) is 3.60. The summed E-state index contributed by atoms with van der Waals surface area (Å²) in [6.45, 7) is 0. The summed E-state index contributed by atoms with van der Waals surface area (Å²) < 4.78 is 6.30. The summed E-state index contributed by atoms with van der Waals surface area (Å²) in [4.78, 5) is 15.8. The molecule has 0 fully saturated rings. The number of hydrogen-bond donors (Lipinski definition) is 0. The zero-order chi connectivity index (χ0) is 33.7. The molecule has 0 amide bonds.